The average Bonchev–Trinajstić information content (AvgIpc) is 2.52. The first-order valence-electron chi connectivity index (χ1n) is 7.45. The molecule has 2 rings (SSSR count). The summed E-state index contributed by atoms with van der Waals surface area (Å²) in [6, 6.07) is 10.4. The first kappa shape index (κ1) is 16.7. The molecule has 0 fully saturated rings. The number of rotatable bonds is 5. The fraction of sp³-hybridized carbons (Fsp3) is 0.278. The van der Waals surface area contributed by atoms with E-state index >= 15 is 0 Å². The van der Waals surface area contributed by atoms with Gasteiger partial charge in [-0.15, -0.1) is 0 Å². The lowest BCUT2D eigenvalue weighted by molar-refractivity contribution is 0.0954. The quantitative estimate of drug-likeness (QED) is 0.741. The highest BCUT2D eigenvalue weighted by atomic mass is 16.3. The SMILES string of the molecule is Cc1cc(O)c(O)cc1CCNC(=O)c1ccc(N(C)C)cc1. The smallest absolute Gasteiger partial charge is 0.251 e. The molecule has 0 radical (unpaired) electrons. The number of benzene rings is 2. The second kappa shape index (κ2) is 7.05. The number of amides is 1. The van der Waals surface area contributed by atoms with Gasteiger partial charge in [0.2, 0.25) is 0 Å². The number of phenolic OH excluding ortho intramolecular Hbond substituents is 2. The molecule has 0 saturated carbocycles. The van der Waals surface area contributed by atoms with Crippen molar-refractivity contribution in [1.29, 1.82) is 0 Å². The molecule has 0 atom stereocenters. The summed E-state index contributed by atoms with van der Waals surface area (Å²) in [5.41, 5.74) is 3.42. The third kappa shape index (κ3) is 4.16. The number of nitrogens with zero attached hydrogens (tertiary/aromatic N) is 1. The lowest BCUT2D eigenvalue weighted by atomic mass is 10.0. The molecule has 0 bridgehead atoms. The van der Waals surface area contributed by atoms with Crippen LogP contribution in [0.4, 0.5) is 5.69 Å². The molecule has 0 aliphatic rings. The van der Waals surface area contributed by atoms with Crippen molar-refractivity contribution in [2.45, 2.75) is 13.3 Å². The number of hydrogen-bond donors (Lipinski definition) is 3. The standard InChI is InChI=1S/C18H22N2O3/c1-12-10-16(21)17(22)11-14(12)8-9-19-18(23)13-4-6-15(7-5-13)20(2)3/h4-7,10-11,21-22H,8-9H2,1-3H3,(H,19,23). The minimum absolute atomic E-state index is 0.128. The van der Waals surface area contributed by atoms with E-state index in [0.29, 0.717) is 18.5 Å². The van der Waals surface area contributed by atoms with Crippen LogP contribution in [0.2, 0.25) is 0 Å². The van der Waals surface area contributed by atoms with Crippen LogP contribution in [0.15, 0.2) is 36.4 Å². The van der Waals surface area contributed by atoms with Gasteiger partial charge in [-0.2, -0.15) is 0 Å². The highest BCUT2D eigenvalue weighted by Gasteiger charge is 2.08. The number of nitrogens with one attached hydrogen (secondary N) is 1. The molecule has 0 aliphatic carbocycles. The van der Waals surface area contributed by atoms with E-state index in [2.05, 4.69) is 5.32 Å². The van der Waals surface area contributed by atoms with E-state index in [9.17, 15) is 15.0 Å². The fourth-order valence-electron chi connectivity index (χ4n) is 2.32. The van der Waals surface area contributed by atoms with E-state index in [1.54, 1.807) is 12.1 Å². The molecular weight excluding hydrogens is 292 g/mol. The van der Waals surface area contributed by atoms with Crippen molar-refractivity contribution in [1.82, 2.24) is 5.32 Å². The Balaban J connectivity index is 1.93. The molecule has 5 heteroatoms. The fourth-order valence-corrected chi connectivity index (χ4v) is 2.32. The number of phenols is 2. The number of aromatic hydroxyl groups is 2. The van der Waals surface area contributed by atoms with E-state index in [1.807, 2.05) is 38.1 Å². The topological polar surface area (TPSA) is 72.8 Å². The number of carbonyl (C=O) groups is 1. The minimum Gasteiger partial charge on any atom is -0.504 e. The van der Waals surface area contributed by atoms with Crippen molar-refractivity contribution in [3.05, 3.63) is 53.1 Å². The van der Waals surface area contributed by atoms with Gasteiger partial charge in [0.15, 0.2) is 11.5 Å². The van der Waals surface area contributed by atoms with Gasteiger partial charge in [-0.25, -0.2) is 0 Å². The summed E-state index contributed by atoms with van der Waals surface area (Å²) in [5, 5.41) is 21.8. The van der Waals surface area contributed by atoms with Crippen LogP contribution in [0.1, 0.15) is 21.5 Å². The van der Waals surface area contributed by atoms with Crippen molar-refractivity contribution in [3.63, 3.8) is 0 Å². The molecule has 23 heavy (non-hydrogen) atoms. The maximum absolute atomic E-state index is 12.1. The Hall–Kier alpha value is -2.69. The number of carbonyl (C=O) groups excluding carboxylic acids is 1. The molecule has 3 N–H and O–H groups in total. The van der Waals surface area contributed by atoms with Crippen molar-refractivity contribution >= 4 is 11.6 Å². The lowest BCUT2D eigenvalue weighted by Gasteiger charge is -2.13. The molecular formula is C18H22N2O3. The Morgan fingerprint density at radius 2 is 1.70 bits per heavy atom. The maximum Gasteiger partial charge on any atom is 0.251 e. The number of aryl methyl sites for hydroxylation is 1. The predicted octanol–water partition coefficient (Wildman–Crippen LogP) is 2.44. The number of anilines is 1. The monoisotopic (exact) mass is 314 g/mol. The van der Waals surface area contributed by atoms with Gasteiger partial charge < -0.3 is 20.4 Å². The zero-order chi connectivity index (χ0) is 17.0. The summed E-state index contributed by atoms with van der Waals surface area (Å²) in [6.07, 6.45) is 0.585. The highest BCUT2D eigenvalue weighted by Crippen LogP contribution is 2.28. The first-order chi connectivity index (χ1) is 10.9. The van der Waals surface area contributed by atoms with E-state index in [1.165, 1.54) is 12.1 Å². The third-order valence-corrected chi connectivity index (χ3v) is 3.76. The minimum atomic E-state index is -0.142. The Labute approximate surface area is 136 Å². The summed E-state index contributed by atoms with van der Waals surface area (Å²) in [6.45, 7) is 2.32. The Bertz CT molecular complexity index is 694. The molecule has 122 valence electrons. The van der Waals surface area contributed by atoms with Gasteiger partial charge in [-0.3, -0.25) is 4.79 Å². The molecule has 2 aromatic rings. The van der Waals surface area contributed by atoms with E-state index in [-0.39, 0.29) is 17.4 Å². The molecule has 1 amide bonds. The van der Waals surface area contributed by atoms with Crippen molar-refractivity contribution in [2.75, 3.05) is 25.5 Å². The molecule has 0 spiro atoms. The molecule has 0 heterocycles. The van der Waals surface area contributed by atoms with Gasteiger partial charge in [-0.1, -0.05) is 0 Å². The van der Waals surface area contributed by atoms with Crippen molar-refractivity contribution < 1.29 is 15.0 Å². The van der Waals surface area contributed by atoms with Crippen LogP contribution in [0.5, 0.6) is 11.5 Å². The first-order valence-corrected chi connectivity index (χ1v) is 7.45. The Morgan fingerprint density at radius 1 is 1.09 bits per heavy atom. The van der Waals surface area contributed by atoms with Crippen LogP contribution in [0.25, 0.3) is 0 Å². The Kier molecular flexibility index (Phi) is 5.11. The van der Waals surface area contributed by atoms with Gasteiger partial charge in [0, 0.05) is 31.9 Å². The highest BCUT2D eigenvalue weighted by molar-refractivity contribution is 5.94. The lowest BCUT2D eigenvalue weighted by Crippen LogP contribution is -2.25. The van der Waals surface area contributed by atoms with Crippen molar-refractivity contribution in [2.24, 2.45) is 0 Å². The summed E-state index contributed by atoms with van der Waals surface area (Å²) < 4.78 is 0. The van der Waals surface area contributed by atoms with Crippen LogP contribution in [-0.2, 0) is 6.42 Å². The molecule has 0 saturated heterocycles. The second-order valence-electron chi connectivity index (χ2n) is 5.71. The van der Waals surface area contributed by atoms with Crippen molar-refractivity contribution in [3.8, 4) is 11.5 Å². The summed E-state index contributed by atoms with van der Waals surface area (Å²) in [5.74, 6) is -0.400. The van der Waals surface area contributed by atoms with E-state index < -0.39 is 0 Å². The van der Waals surface area contributed by atoms with Crippen LogP contribution < -0.4 is 10.2 Å². The van der Waals surface area contributed by atoms with Gasteiger partial charge in [0.25, 0.3) is 5.91 Å². The van der Waals surface area contributed by atoms with Gasteiger partial charge in [0.1, 0.15) is 0 Å². The van der Waals surface area contributed by atoms with E-state index in [0.717, 1.165) is 16.8 Å². The van der Waals surface area contributed by atoms with E-state index in [4.69, 9.17) is 0 Å². The summed E-state index contributed by atoms with van der Waals surface area (Å²) in [7, 11) is 3.90. The molecule has 0 unspecified atom stereocenters. The number of hydrogen-bond acceptors (Lipinski definition) is 4. The summed E-state index contributed by atoms with van der Waals surface area (Å²) in [4.78, 5) is 14.1. The Morgan fingerprint density at radius 3 is 2.30 bits per heavy atom. The molecule has 5 nitrogen and oxygen atoms in total. The molecule has 0 aliphatic heterocycles. The van der Waals surface area contributed by atoms with Gasteiger partial charge in [0.05, 0.1) is 0 Å². The normalized spacial score (nSPS) is 10.4. The molecule has 0 aromatic heterocycles. The maximum atomic E-state index is 12.1. The largest absolute Gasteiger partial charge is 0.504 e. The average molecular weight is 314 g/mol. The zero-order valence-electron chi connectivity index (χ0n) is 13.6. The molecule has 2 aromatic carbocycles. The van der Waals surface area contributed by atoms with Gasteiger partial charge >= 0.3 is 0 Å². The third-order valence-electron chi connectivity index (χ3n) is 3.76. The van der Waals surface area contributed by atoms with Crippen LogP contribution in [-0.4, -0.2) is 36.8 Å². The predicted molar refractivity (Wildman–Crippen MR) is 91.3 cm³/mol. The van der Waals surface area contributed by atoms with Crippen LogP contribution in [0, 0.1) is 6.92 Å². The zero-order valence-corrected chi connectivity index (χ0v) is 13.6. The van der Waals surface area contributed by atoms with Crippen LogP contribution >= 0.6 is 0 Å². The second-order valence-corrected chi connectivity index (χ2v) is 5.71. The van der Waals surface area contributed by atoms with Crippen LogP contribution in [0.3, 0.4) is 0 Å². The van der Waals surface area contributed by atoms with Gasteiger partial charge in [-0.05, 0) is 60.9 Å². The summed E-state index contributed by atoms with van der Waals surface area (Å²) >= 11 is 0.